The molecule has 0 spiro atoms. The fourth-order valence-electron chi connectivity index (χ4n) is 4.31. The van der Waals surface area contributed by atoms with Gasteiger partial charge in [-0.25, -0.2) is 28.8 Å². The van der Waals surface area contributed by atoms with Crippen LogP contribution in [0.2, 0.25) is 0 Å². The van der Waals surface area contributed by atoms with Crippen LogP contribution in [0.5, 0.6) is 0 Å². The van der Waals surface area contributed by atoms with E-state index >= 15 is 0 Å². The van der Waals surface area contributed by atoms with Gasteiger partial charge in [-0.2, -0.15) is 15.0 Å². The molecule has 0 atom stereocenters. The van der Waals surface area contributed by atoms with E-state index in [0.29, 0.717) is 50.8 Å². The van der Waals surface area contributed by atoms with Gasteiger partial charge < -0.3 is 14.2 Å². The number of ether oxygens (including phenoxy) is 3. The Hall–Kier alpha value is -6.39. The minimum atomic E-state index is -1.22. The number of hydrogen-bond acceptors (Lipinski definition) is 12. The Morgan fingerprint density at radius 3 is 1.12 bits per heavy atom. The Balaban J connectivity index is 1.77. The van der Waals surface area contributed by atoms with E-state index in [1.54, 1.807) is 82.3 Å². The maximum atomic E-state index is 12.8. The second-order valence-electron chi connectivity index (χ2n) is 10.4. The van der Waals surface area contributed by atoms with Crippen molar-refractivity contribution in [2.45, 2.75) is 34.1 Å². The molecule has 0 aromatic heterocycles. The van der Waals surface area contributed by atoms with Gasteiger partial charge in [0, 0.05) is 17.1 Å². The third-order valence-electron chi connectivity index (χ3n) is 7.40. The molecular formula is C33H32N6O9. The molecule has 0 unspecified atom stereocenters. The van der Waals surface area contributed by atoms with Crippen molar-refractivity contribution < 1.29 is 43.0 Å². The maximum Gasteiger partial charge on any atom is 0.411 e. The van der Waals surface area contributed by atoms with Crippen LogP contribution in [0, 0.1) is 26.2 Å². The molecule has 0 saturated carbocycles. The zero-order valence-electron chi connectivity index (χ0n) is 26.5. The van der Waals surface area contributed by atoms with Crippen LogP contribution >= 0.6 is 0 Å². The van der Waals surface area contributed by atoms with E-state index < -0.39 is 23.7 Å². The number of nitrogens with one attached hydrogen (secondary N) is 3. The number of carbonyl (C=O) groups is 3. The van der Waals surface area contributed by atoms with Gasteiger partial charge in [-0.3, -0.25) is 16.0 Å². The van der Waals surface area contributed by atoms with Gasteiger partial charge in [-0.1, -0.05) is 25.1 Å². The summed E-state index contributed by atoms with van der Waals surface area (Å²) in [6.45, 7) is 5.60. The molecule has 0 aliphatic carbocycles. The molecule has 248 valence electrons. The van der Waals surface area contributed by atoms with Crippen molar-refractivity contribution in [3.63, 3.8) is 0 Å². The smallest absolute Gasteiger partial charge is 0.411 e. The fourth-order valence-corrected chi connectivity index (χ4v) is 4.31. The number of rotatable bonds is 13. The quantitative estimate of drug-likeness (QED) is 0.0987. The summed E-state index contributed by atoms with van der Waals surface area (Å²) in [5.74, 6) is 0. The van der Waals surface area contributed by atoms with Crippen molar-refractivity contribution >= 4 is 70.6 Å². The van der Waals surface area contributed by atoms with E-state index in [1.165, 1.54) is 18.2 Å². The summed E-state index contributed by atoms with van der Waals surface area (Å²) in [6, 6.07) is 14.2. The van der Waals surface area contributed by atoms with Crippen molar-refractivity contribution in [3.05, 3.63) is 71.3 Å². The van der Waals surface area contributed by atoms with Crippen LogP contribution in [0.15, 0.2) is 69.6 Å². The molecule has 3 amide bonds. The molecular weight excluding hydrogens is 624 g/mol. The largest absolute Gasteiger partial charge is 0.448 e. The van der Waals surface area contributed by atoms with E-state index in [-0.39, 0.29) is 26.2 Å². The van der Waals surface area contributed by atoms with Gasteiger partial charge >= 0.3 is 18.3 Å². The third-order valence-corrected chi connectivity index (χ3v) is 7.40. The molecule has 3 aromatic carbocycles. The maximum absolute atomic E-state index is 12.8. The summed E-state index contributed by atoms with van der Waals surface area (Å²) in [4.78, 5) is 81.5. The second kappa shape index (κ2) is 17.3. The number of carbonyl (C=O) groups excluding carboxylic acids is 6. The first-order valence-corrected chi connectivity index (χ1v) is 14.4. The normalized spacial score (nSPS) is 11.2. The predicted octanol–water partition coefficient (Wildman–Crippen LogP) is 6.96. The minimum absolute atomic E-state index is 0.217. The fraction of sp³-hybridized carbons (Fsp3) is 0.273. The number of isocyanates is 3. The van der Waals surface area contributed by atoms with Gasteiger partial charge in [-0.15, -0.1) is 0 Å². The Bertz CT molecular complexity index is 1620. The third kappa shape index (κ3) is 9.80. The predicted molar refractivity (Wildman–Crippen MR) is 175 cm³/mol. The summed E-state index contributed by atoms with van der Waals surface area (Å²) < 4.78 is 16.5. The molecule has 0 radical (unpaired) electrons. The number of benzene rings is 3. The molecule has 3 rings (SSSR count). The Kier molecular flexibility index (Phi) is 13.0. The van der Waals surface area contributed by atoms with Crippen molar-refractivity contribution in [2.75, 3.05) is 35.8 Å². The van der Waals surface area contributed by atoms with Crippen LogP contribution in [0.1, 0.15) is 30.0 Å². The number of hydrogen-bond donors (Lipinski definition) is 3. The molecule has 0 bridgehead atoms. The monoisotopic (exact) mass is 656 g/mol. The highest BCUT2D eigenvalue weighted by molar-refractivity contribution is 5.88. The van der Waals surface area contributed by atoms with E-state index in [2.05, 4.69) is 30.9 Å². The first-order valence-electron chi connectivity index (χ1n) is 14.4. The molecule has 48 heavy (non-hydrogen) atoms. The second-order valence-corrected chi connectivity index (χ2v) is 10.4. The van der Waals surface area contributed by atoms with Gasteiger partial charge in [0.2, 0.25) is 18.2 Å². The van der Waals surface area contributed by atoms with Crippen molar-refractivity contribution in [2.24, 2.45) is 20.4 Å². The lowest BCUT2D eigenvalue weighted by Crippen LogP contribution is -2.40. The minimum Gasteiger partial charge on any atom is -0.448 e. The molecule has 3 aromatic rings. The SMILES string of the molecule is CCC(COC(=O)Nc1cccc(N=C=O)c1C)(COC(=O)Nc1cccc(N=C=O)c1C)COC(=O)Nc1cccc(N=C=O)c1C. The summed E-state index contributed by atoms with van der Waals surface area (Å²) >= 11 is 0. The molecule has 0 aliphatic rings. The number of anilines is 3. The van der Waals surface area contributed by atoms with E-state index in [4.69, 9.17) is 14.2 Å². The van der Waals surface area contributed by atoms with E-state index in [1.807, 2.05) is 0 Å². The standard InChI is InChI=1S/C33H32N6O9/c1-5-33(15-46-30(43)37-27-12-6-9-24(21(27)2)34-18-40,16-47-31(44)38-28-13-7-10-25(22(28)3)35-19-41)17-48-32(45)39-29-14-8-11-26(23(29)4)36-20-42/h6-14H,5,15-17H2,1-4H3,(H,37,43)(H,38,44)(H,39,45). The van der Waals surface area contributed by atoms with Crippen LogP contribution in [0.3, 0.4) is 0 Å². The zero-order valence-corrected chi connectivity index (χ0v) is 26.5. The molecule has 15 nitrogen and oxygen atoms in total. The van der Waals surface area contributed by atoms with E-state index in [9.17, 15) is 28.8 Å². The molecule has 0 heterocycles. The van der Waals surface area contributed by atoms with Gasteiger partial charge in [0.05, 0.1) is 22.5 Å². The number of nitrogens with zero attached hydrogens (tertiary/aromatic N) is 3. The number of aliphatic imine (C=N–C) groups is 3. The average Bonchev–Trinajstić information content (AvgIpc) is 3.07. The molecule has 0 fully saturated rings. The molecule has 0 aliphatic heterocycles. The number of amides is 3. The Labute approximate surface area is 275 Å². The molecule has 15 heteroatoms. The van der Waals surface area contributed by atoms with Crippen molar-refractivity contribution in [1.29, 1.82) is 0 Å². The van der Waals surface area contributed by atoms with Crippen LogP contribution in [0.4, 0.5) is 48.5 Å². The summed E-state index contributed by atoms with van der Waals surface area (Å²) in [7, 11) is 0. The topological polar surface area (TPSA) is 203 Å². The van der Waals surface area contributed by atoms with Gasteiger partial charge in [-0.05, 0) is 80.3 Å². The van der Waals surface area contributed by atoms with Crippen LogP contribution in [-0.2, 0) is 28.6 Å². The highest BCUT2D eigenvalue weighted by Crippen LogP contribution is 2.30. The summed E-state index contributed by atoms with van der Waals surface area (Å²) in [5.41, 5.74) is 2.19. The molecule has 0 saturated heterocycles. The van der Waals surface area contributed by atoms with Crippen LogP contribution < -0.4 is 16.0 Å². The lowest BCUT2D eigenvalue weighted by Gasteiger charge is -2.31. The highest BCUT2D eigenvalue weighted by Gasteiger charge is 2.35. The van der Waals surface area contributed by atoms with Crippen LogP contribution in [-0.4, -0.2) is 56.3 Å². The van der Waals surface area contributed by atoms with E-state index in [0.717, 1.165) is 0 Å². The highest BCUT2D eigenvalue weighted by atomic mass is 16.6. The Morgan fingerprint density at radius 2 is 0.875 bits per heavy atom. The summed E-state index contributed by atoms with van der Waals surface area (Å²) in [5, 5.41) is 7.74. The lowest BCUT2D eigenvalue weighted by atomic mass is 9.88. The van der Waals surface area contributed by atoms with Crippen molar-refractivity contribution in [1.82, 2.24) is 0 Å². The zero-order chi connectivity index (χ0) is 35.1. The van der Waals surface area contributed by atoms with Gasteiger partial charge in [0.1, 0.15) is 19.8 Å². The first kappa shape index (κ1) is 36.1. The van der Waals surface area contributed by atoms with Crippen LogP contribution in [0.25, 0.3) is 0 Å². The average molecular weight is 657 g/mol. The Morgan fingerprint density at radius 1 is 0.583 bits per heavy atom. The first-order chi connectivity index (χ1) is 23.1. The lowest BCUT2D eigenvalue weighted by molar-refractivity contribution is -0.0104. The van der Waals surface area contributed by atoms with Crippen molar-refractivity contribution in [3.8, 4) is 0 Å². The van der Waals surface area contributed by atoms with Gasteiger partial charge in [0.15, 0.2) is 0 Å². The van der Waals surface area contributed by atoms with Gasteiger partial charge in [0.25, 0.3) is 0 Å². The summed E-state index contributed by atoms with van der Waals surface area (Å²) in [6.07, 6.45) is 1.97. The molecule has 3 N–H and O–H groups in total.